The molecule has 8 nitrogen and oxygen atoms in total. The maximum Gasteiger partial charge on any atom is 0.251 e. The van der Waals surface area contributed by atoms with Crippen LogP contribution in [0.3, 0.4) is 0 Å². The molecule has 1 saturated heterocycles. The molecule has 0 spiro atoms. The molecule has 5 rings (SSSR count). The molecule has 4 aromatic rings. The first-order valence-electron chi connectivity index (χ1n) is 10.7. The van der Waals surface area contributed by atoms with Gasteiger partial charge in [-0.05, 0) is 43.2 Å². The maximum absolute atomic E-state index is 12.6. The molecule has 162 valence electrons. The fraction of sp³-hybridized carbons (Fsp3) is 0.250. The number of hydrogen-bond acceptors (Lipinski definition) is 6. The Morgan fingerprint density at radius 2 is 1.81 bits per heavy atom. The van der Waals surface area contributed by atoms with E-state index < -0.39 is 0 Å². The van der Waals surface area contributed by atoms with E-state index in [9.17, 15) is 4.79 Å². The van der Waals surface area contributed by atoms with Crippen LogP contribution in [0.15, 0.2) is 66.7 Å². The van der Waals surface area contributed by atoms with Gasteiger partial charge in [-0.25, -0.2) is 0 Å². The highest BCUT2D eigenvalue weighted by molar-refractivity contribution is 5.94. The number of nitrogens with zero attached hydrogens (tertiary/aromatic N) is 5. The van der Waals surface area contributed by atoms with Gasteiger partial charge in [0.1, 0.15) is 11.6 Å². The number of anilines is 1. The molecule has 1 N–H and O–H groups in total. The van der Waals surface area contributed by atoms with Gasteiger partial charge in [0.05, 0.1) is 7.11 Å². The Hall–Kier alpha value is -3.94. The van der Waals surface area contributed by atoms with E-state index in [1.54, 1.807) is 23.8 Å². The summed E-state index contributed by atoms with van der Waals surface area (Å²) >= 11 is 0. The lowest BCUT2D eigenvalue weighted by molar-refractivity contribution is 0.0930. The van der Waals surface area contributed by atoms with E-state index in [0.717, 1.165) is 43.1 Å². The van der Waals surface area contributed by atoms with E-state index in [4.69, 9.17) is 9.84 Å². The van der Waals surface area contributed by atoms with Crippen molar-refractivity contribution in [2.24, 2.45) is 0 Å². The van der Waals surface area contributed by atoms with Crippen molar-refractivity contribution in [3.05, 3.63) is 72.3 Å². The van der Waals surface area contributed by atoms with Gasteiger partial charge >= 0.3 is 0 Å². The number of hydrogen-bond donors (Lipinski definition) is 1. The first-order valence-corrected chi connectivity index (χ1v) is 10.7. The molecule has 0 bridgehead atoms. The highest BCUT2D eigenvalue weighted by Crippen LogP contribution is 2.22. The fourth-order valence-corrected chi connectivity index (χ4v) is 4.00. The second-order valence-electron chi connectivity index (χ2n) is 7.82. The number of nitrogens with one attached hydrogen (secondary N) is 1. The molecule has 1 aliphatic rings. The minimum atomic E-state index is -0.0705. The molecule has 0 atom stereocenters. The zero-order valence-electron chi connectivity index (χ0n) is 17.8. The van der Waals surface area contributed by atoms with Crippen LogP contribution >= 0.6 is 0 Å². The van der Waals surface area contributed by atoms with Gasteiger partial charge in [-0.1, -0.05) is 36.4 Å². The lowest BCUT2D eigenvalue weighted by atomic mass is 10.0. The molecular formula is C24H24N6O2. The number of carbonyl (C=O) groups is 1. The third kappa shape index (κ3) is 3.99. The lowest BCUT2D eigenvalue weighted by Gasteiger charge is -2.33. The summed E-state index contributed by atoms with van der Waals surface area (Å²) < 4.78 is 7.01. The van der Waals surface area contributed by atoms with Crippen LogP contribution in [0, 0.1) is 0 Å². The summed E-state index contributed by atoms with van der Waals surface area (Å²) in [4.78, 5) is 14.9. The molecule has 1 fully saturated rings. The summed E-state index contributed by atoms with van der Waals surface area (Å²) in [6.07, 6.45) is 1.70. The highest BCUT2D eigenvalue weighted by Gasteiger charge is 2.23. The molecular weight excluding hydrogens is 404 g/mol. The second kappa shape index (κ2) is 8.66. The van der Waals surface area contributed by atoms with Crippen molar-refractivity contribution in [2.75, 3.05) is 25.1 Å². The summed E-state index contributed by atoms with van der Waals surface area (Å²) in [5, 5.41) is 16.5. The fourth-order valence-electron chi connectivity index (χ4n) is 4.00. The van der Waals surface area contributed by atoms with Gasteiger partial charge in [-0.3, -0.25) is 4.79 Å². The zero-order valence-corrected chi connectivity index (χ0v) is 17.8. The van der Waals surface area contributed by atoms with Gasteiger partial charge in [-0.15, -0.1) is 15.3 Å². The van der Waals surface area contributed by atoms with Gasteiger partial charge in [0, 0.05) is 30.3 Å². The average Bonchev–Trinajstić information content (AvgIpc) is 3.28. The van der Waals surface area contributed by atoms with Crippen LogP contribution in [-0.4, -0.2) is 52.0 Å². The Balaban J connectivity index is 1.26. The number of benzene rings is 2. The Morgan fingerprint density at radius 3 is 2.59 bits per heavy atom. The molecule has 2 aromatic heterocycles. The molecule has 0 unspecified atom stereocenters. The predicted molar refractivity (Wildman–Crippen MR) is 122 cm³/mol. The quantitative estimate of drug-likeness (QED) is 0.526. The van der Waals surface area contributed by atoms with E-state index in [-0.39, 0.29) is 11.9 Å². The Labute approximate surface area is 185 Å². The molecule has 3 heterocycles. The molecule has 8 heteroatoms. The smallest absolute Gasteiger partial charge is 0.251 e. The summed E-state index contributed by atoms with van der Waals surface area (Å²) in [5.74, 6) is 2.21. The highest BCUT2D eigenvalue weighted by atomic mass is 16.5. The van der Waals surface area contributed by atoms with Crippen LogP contribution in [0.5, 0.6) is 5.75 Å². The van der Waals surface area contributed by atoms with Crippen molar-refractivity contribution >= 4 is 17.4 Å². The van der Waals surface area contributed by atoms with E-state index in [1.165, 1.54) is 0 Å². The zero-order chi connectivity index (χ0) is 21.9. The molecule has 0 aliphatic carbocycles. The molecule has 2 aromatic carbocycles. The Kier molecular flexibility index (Phi) is 5.41. The van der Waals surface area contributed by atoms with Crippen molar-refractivity contribution in [1.29, 1.82) is 0 Å². The standard InChI is InChI=1S/C24H24N6O2/c1-32-20-9-5-8-18(16-20)24(31)25-19-12-14-29(15-13-19)22-11-10-21-26-27-23(30(21)28-22)17-6-3-2-4-7-17/h2-11,16,19H,12-15H2,1H3,(H,25,31). The molecule has 32 heavy (non-hydrogen) atoms. The second-order valence-corrected chi connectivity index (χ2v) is 7.82. The summed E-state index contributed by atoms with van der Waals surface area (Å²) in [5.41, 5.74) is 2.30. The van der Waals surface area contributed by atoms with Crippen LogP contribution < -0.4 is 15.0 Å². The number of piperidine rings is 1. The minimum Gasteiger partial charge on any atom is -0.497 e. The van der Waals surface area contributed by atoms with Crippen molar-refractivity contribution in [3.8, 4) is 17.1 Å². The third-order valence-electron chi connectivity index (χ3n) is 5.77. The van der Waals surface area contributed by atoms with Gasteiger partial charge in [-0.2, -0.15) is 4.52 Å². The topological polar surface area (TPSA) is 84.6 Å². The molecule has 0 saturated carbocycles. The van der Waals surface area contributed by atoms with E-state index in [1.807, 2.05) is 54.6 Å². The van der Waals surface area contributed by atoms with Crippen LogP contribution in [0.2, 0.25) is 0 Å². The van der Waals surface area contributed by atoms with Crippen LogP contribution in [-0.2, 0) is 0 Å². The molecule has 1 amide bonds. The number of aromatic nitrogens is 4. The SMILES string of the molecule is COc1cccc(C(=O)NC2CCN(c3ccc4nnc(-c5ccccc5)n4n3)CC2)c1. The number of carbonyl (C=O) groups excluding carboxylic acids is 1. The number of methoxy groups -OCH3 is 1. The molecule has 1 aliphatic heterocycles. The largest absolute Gasteiger partial charge is 0.497 e. The predicted octanol–water partition coefficient (Wildman–Crippen LogP) is 3.20. The maximum atomic E-state index is 12.6. The Morgan fingerprint density at radius 1 is 1.00 bits per heavy atom. The average molecular weight is 428 g/mol. The van der Waals surface area contributed by atoms with Gasteiger partial charge in [0.25, 0.3) is 5.91 Å². The van der Waals surface area contributed by atoms with Gasteiger partial charge in [0.15, 0.2) is 11.5 Å². The normalized spacial score (nSPS) is 14.5. The number of rotatable bonds is 5. The number of fused-ring (bicyclic) bond motifs is 1. The van der Waals surface area contributed by atoms with Crippen molar-refractivity contribution < 1.29 is 9.53 Å². The van der Waals surface area contributed by atoms with E-state index >= 15 is 0 Å². The number of amides is 1. The monoisotopic (exact) mass is 428 g/mol. The molecule has 0 radical (unpaired) electrons. The van der Waals surface area contributed by atoms with Crippen molar-refractivity contribution in [3.63, 3.8) is 0 Å². The number of ether oxygens (including phenoxy) is 1. The summed E-state index contributed by atoms with van der Waals surface area (Å²) in [6.45, 7) is 1.62. The van der Waals surface area contributed by atoms with E-state index in [2.05, 4.69) is 20.4 Å². The Bertz CT molecular complexity index is 1230. The van der Waals surface area contributed by atoms with Gasteiger partial charge in [0.2, 0.25) is 0 Å². The lowest BCUT2D eigenvalue weighted by Crippen LogP contribution is -2.45. The van der Waals surface area contributed by atoms with Crippen LogP contribution in [0.4, 0.5) is 5.82 Å². The van der Waals surface area contributed by atoms with Crippen molar-refractivity contribution in [2.45, 2.75) is 18.9 Å². The first kappa shape index (κ1) is 20.0. The van der Waals surface area contributed by atoms with Gasteiger partial charge < -0.3 is 15.0 Å². The van der Waals surface area contributed by atoms with Crippen molar-refractivity contribution in [1.82, 2.24) is 25.1 Å². The summed E-state index contributed by atoms with van der Waals surface area (Å²) in [7, 11) is 1.60. The third-order valence-corrected chi connectivity index (χ3v) is 5.77. The minimum absolute atomic E-state index is 0.0705. The van der Waals surface area contributed by atoms with Crippen LogP contribution in [0.1, 0.15) is 23.2 Å². The van der Waals surface area contributed by atoms with E-state index in [0.29, 0.717) is 17.0 Å². The first-order chi connectivity index (χ1) is 15.7. The van der Waals surface area contributed by atoms with Crippen LogP contribution in [0.25, 0.3) is 17.0 Å². The summed E-state index contributed by atoms with van der Waals surface area (Å²) in [6, 6.07) is 21.2.